The molecule has 0 aliphatic heterocycles. The van der Waals surface area contributed by atoms with Crippen molar-refractivity contribution in [1.29, 1.82) is 0 Å². The lowest BCUT2D eigenvalue weighted by atomic mass is 9.89. The van der Waals surface area contributed by atoms with E-state index in [9.17, 15) is 14.7 Å². The van der Waals surface area contributed by atoms with Gasteiger partial charge in [0, 0.05) is 6.42 Å². The van der Waals surface area contributed by atoms with E-state index in [0.29, 0.717) is 10.9 Å². The Kier molecular flexibility index (Phi) is 15.5. The lowest BCUT2D eigenvalue weighted by Gasteiger charge is -2.33. The Labute approximate surface area is 184 Å². The summed E-state index contributed by atoms with van der Waals surface area (Å²) in [6, 6.07) is 0. The van der Waals surface area contributed by atoms with Crippen molar-refractivity contribution in [2.45, 2.75) is 96.0 Å². The molecule has 0 aliphatic rings. The van der Waals surface area contributed by atoms with Crippen LogP contribution in [0.3, 0.4) is 0 Å². The van der Waals surface area contributed by atoms with Crippen LogP contribution in [0.1, 0.15) is 90.4 Å². The van der Waals surface area contributed by atoms with Gasteiger partial charge in [-0.2, -0.15) is 0 Å². The van der Waals surface area contributed by atoms with Crippen molar-refractivity contribution in [3.63, 3.8) is 0 Å². The maximum atomic E-state index is 12.5. The summed E-state index contributed by atoms with van der Waals surface area (Å²) >= 11 is 0. The monoisotopic (exact) mass is 424 g/mol. The summed E-state index contributed by atoms with van der Waals surface area (Å²) in [6.45, 7) is 2.33. The summed E-state index contributed by atoms with van der Waals surface area (Å²) in [5.74, 6) is -1.48. The molecule has 2 N–H and O–H groups in total. The van der Waals surface area contributed by atoms with Crippen LogP contribution in [0, 0.1) is 0 Å². The number of nitrogens with zero attached hydrogens (tertiary/aromatic N) is 1. The number of quaternary nitrogens is 1. The third-order valence-corrected chi connectivity index (χ3v) is 5.05. The predicted molar refractivity (Wildman–Crippen MR) is 124 cm³/mol. The zero-order valence-corrected chi connectivity index (χ0v) is 19.9. The predicted octanol–water partition coefficient (Wildman–Crippen LogP) is 5.28. The van der Waals surface area contributed by atoms with Crippen molar-refractivity contribution in [1.82, 2.24) is 0 Å². The Morgan fingerprint density at radius 3 is 1.90 bits per heavy atom. The van der Waals surface area contributed by atoms with Gasteiger partial charge >= 0.3 is 5.97 Å². The Hall–Kier alpha value is -1.46. The summed E-state index contributed by atoms with van der Waals surface area (Å²) in [5, 5.41) is 19.7. The number of rotatable bonds is 19. The van der Waals surface area contributed by atoms with Gasteiger partial charge in [0.15, 0.2) is 11.4 Å². The van der Waals surface area contributed by atoms with E-state index in [-0.39, 0.29) is 18.7 Å². The smallest absolute Gasteiger partial charge is 0.306 e. The highest BCUT2D eigenvalue weighted by molar-refractivity contribution is 5.90. The normalized spacial score (nSPS) is 14.4. The number of unbranched alkanes of at least 4 members (excludes halogenated alkanes) is 8. The van der Waals surface area contributed by atoms with Crippen molar-refractivity contribution in [2.75, 3.05) is 27.7 Å². The van der Waals surface area contributed by atoms with Crippen LogP contribution < -0.4 is 0 Å². The molecule has 0 saturated heterocycles. The van der Waals surface area contributed by atoms with E-state index in [2.05, 4.69) is 31.2 Å². The Balaban J connectivity index is 3.92. The van der Waals surface area contributed by atoms with Gasteiger partial charge in [0.05, 0.1) is 27.6 Å². The van der Waals surface area contributed by atoms with Crippen LogP contribution in [-0.2, 0) is 9.59 Å². The summed E-state index contributed by atoms with van der Waals surface area (Å²) in [5.41, 5.74) is -1.78. The average molecular weight is 425 g/mol. The van der Waals surface area contributed by atoms with Crippen molar-refractivity contribution in [3.05, 3.63) is 24.3 Å². The molecule has 0 heterocycles. The standard InChI is InChI=1S/C25H45NO4/c1-5-6-7-8-9-10-11-12-13-14-15-16-17-18-19-20-23(27)25(30,21-24(28)29)22-26(2,3)4/h9-10,12-13,30H,5-8,11,14-22H2,1-4H3/p+1/b10-9-,13-12-. The first-order valence-electron chi connectivity index (χ1n) is 11.7. The molecule has 174 valence electrons. The third-order valence-electron chi connectivity index (χ3n) is 5.05. The minimum absolute atomic E-state index is 0.110. The zero-order chi connectivity index (χ0) is 22.9. The molecule has 0 fully saturated rings. The minimum atomic E-state index is -1.78. The highest BCUT2D eigenvalue weighted by Crippen LogP contribution is 2.20. The number of allylic oxidation sites excluding steroid dienone is 4. The Morgan fingerprint density at radius 2 is 1.37 bits per heavy atom. The van der Waals surface area contributed by atoms with Crippen LogP contribution in [0.2, 0.25) is 0 Å². The fraction of sp³-hybridized carbons (Fsp3) is 0.760. The van der Waals surface area contributed by atoms with E-state index < -0.39 is 18.0 Å². The van der Waals surface area contributed by atoms with Gasteiger partial charge in [0.25, 0.3) is 0 Å². The quantitative estimate of drug-likeness (QED) is 0.168. The van der Waals surface area contributed by atoms with Crippen molar-refractivity contribution in [2.24, 2.45) is 0 Å². The number of Topliss-reactive ketones (excluding diaryl/α,β-unsaturated/α-hetero) is 1. The molecule has 5 nitrogen and oxygen atoms in total. The largest absolute Gasteiger partial charge is 0.481 e. The number of carbonyl (C=O) groups is 2. The first kappa shape index (κ1) is 28.5. The number of carbonyl (C=O) groups excluding carboxylic acids is 1. The van der Waals surface area contributed by atoms with Gasteiger partial charge in [-0.1, -0.05) is 63.3 Å². The molecule has 30 heavy (non-hydrogen) atoms. The number of likely N-dealkylation sites (N-methyl/N-ethyl adjacent to an activating group) is 1. The van der Waals surface area contributed by atoms with Crippen LogP contribution in [0.4, 0.5) is 0 Å². The second-order valence-corrected chi connectivity index (χ2v) is 9.45. The fourth-order valence-corrected chi connectivity index (χ4v) is 3.61. The molecule has 1 unspecified atom stereocenters. The first-order chi connectivity index (χ1) is 14.1. The van der Waals surface area contributed by atoms with Crippen molar-refractivity contribution >= 4 is 11.8 Å². The van der Waals surface area contributed by atoms with Crippen LogP contribution >= 0.6 is 0 Å². The van der Waals surface area contributed by atoms with Crippen LogP contribution in [0.5, 0.6) is 0 Å². The molecular weight excluding hydrogens is 378 g/mol. The second kappa shape index (κ2) is 16.3. The average Bonchev–Trinajstić information content (AvgIpc) is 2.62. The molecule has 0 spiro atoms. The van der Waals surface area contributed by atoms with Gasteiger partial charge in [0.1, 0.15) is 6.54 Å². The van der Waals surface area contributed by atoms with Gasteiger partial charge < -0.3 is 14.7 Å². The fourth-order valence-electron chi connectivity index (χ4n) is 3.61. The van der Waals surface area contributed by atoms with E-state index in [4.69, 9.17) is 5.11 Å². The SMILES string of the molecule is CCCCC/C=C\C/C=C\CCCCCCCC(=O)C(O)(CC(=O)O)C[N+](C)(C)C. The maximum absolute atomic E-state index is 12.5. The number of hydrogen-bond donors (Lipinski definition) is 2. The summed E-state index contributed by atoms with van der Waals surface area (Å²) in [6.07, 6.45) is 20.9. The number of carboxylic acid groups (broad SMARTS) is 1. The molecule has 5 heteroatoms. The molecule has 1 atom stereocenters. The van der Waals surface area contributed by atoms with E-state index in [1.54, 1.807) is 0 Å². The van der Waals surface area contributed by atoms with E-state index >= 15 is 0 Å². The van der Waals surface area contributed by atoms with E-state index in [1.165, 1.54) is 25.7 Å². The molecule has 0 aromatic carbocycles. The van der Waals surface area contributed by atoms with Crippen molar-refractivity contribution < 1.29 is 24.3 Å². The number of ketones is 1. The minimum Gasteiger partial charge on any atom is -0.481 e. The first-order valence-corrected chi connectivity index (χ1v) is 11.7. The lowest BCUT2D eigenvalue weighted by Crippen LogP contribution is -2.54. The second-order valence-electron chi connectivity index (χ2n) is 9.45. The molecule has 0 aliphatic carbocycles. The topological polar surface area (TPSA) is 74.6 Å². The summed E-state index contributed by atoms with van der Waals surface area (Å²) < 4.78 is 0.345. The number of carboxylic acids is 1. The van der Waals surface area contributed by atoms with Gasteiger partial charge in [-0.25, -0.2) is 0 Å². The molecule has 0 amide bonds. The van der Waals surface area contributed by atoms with Crippen LogP contribution in [0.25, 0.3) is 0 Å². The third kappa shape index (κ3) is 16.3. The van der Waals surface area contributed by atoms with Gasteiger partial charge in [-0.3, -0.25) is 9.59 Å². The highest BCUT2D eigenvalue weighted by Gasteiger charge is 2.42. The molecular formula is C25H46NO4+. The van der Waals surface area contributed by atoms with E-state index in [0.717, 1.165) is 38.5 Å². The zero-order valence-electron chi connectivity index (χ0n) is 19.9. The maximum Gasteiger partial charge on any atom is 0.306 e. The molecule has 0 radical (unpaired) electrons. The molecule has 0 aromatic rings. The number of aliphatic carboxylic acids is 1. The Morgan fingerprint density at radius 1 is 0.833 bits per heavy atom. The van der Waals surface area contributed by atoms with Crippen LogP contribution in [0.15, 0.2) is 24.3 Å². The molecule has 0 saturated carbocycles. The summed E-state index contributed by atoms with van der Waals surface area (Å²) in [4.78, 5) is 23.6. The molecule has 0 rings (SSSR count). The molecule has 0 aromatic heterocycles. The van der Waals surface area contributed by atoms with Crippen molar-refractivity contribution in [3.8, 4) is 0 Å². The Bertz CT molecular complexity index is 534. The number of hydrogen-bond acceptors (Lipinski definition) is 3. The van der Waals surface area contributed by atoms with Gasteiger partial charge in [0.2, 0.25) is 0 Å². The highest BCUT2D eigenvalue weighted by atomic mass is 16.4. The van der Waals surface area contributed by atoms with Crippen LogP contribution in [-0.4, -0.2) is 59.7 Å². The number of aliphatic hydroxyl groups is 1. The van der Waals surface area contributed by atoms with Gasteiger partial charge in [-0.05, 0) is 38.5 Å². The van der Waals surface area contributed by atoms with E-state index in [1.807, 2.05) is 21.1 Å². The lowest BCUT2D eigenvalue weighted by molar-refractivity contribution is -0.875. The summed E-state index contributed by atoms with van der Waals surface area (Å²) in [7, 11) is 5.54. The molecule has 0 bridgehead atoms. The van der Waals surface area contributed by atoms with Gasteiger partial charge in [-0.15, -0.1) is 0 Å².